The summed E-state index contributed by atoms with van der Waals surface area (Å²) in [5.74, 6) is 1.99. The monoisotopic (exact) mass is 440 g/mol. The summed E-state index contributed by atoms with van der Waals surface area (Å²) >= 11 is 0. The normalized spacial score (nSPS) is 13.5. The molecule has 168 valence electrons. The molecule has 3 aromatic rings. The van der Waals surface area contributed by atoms with E-state index in [1.807, 2.05) is 17.0 Å². The van der Waals surface area contributed by atoms with Crippen LogP contribution in [0.15, 0.2) is 42.7 Å². The molecular weight excluding hydrogens is 416 g/mol. The van der Waals surface area contributed by atoms with Crippen LogP contribution < -0.4 is 29.6 Å². The van der Waals surface area contributed by atoms with E-state index >= 15 is 0 Å². The number of nitrogens with zero attached hydrogens (tertiary/aromatic N) is 5. The van der Waals surface area contributed by atoms with Gasteiger partial charge in [-0.3, -0.25) is 0 Å². The average Bonchev–Trinajstić information content (AvgIpc) is 2.85. The van der Waals surface area contributed by atoms with Crippen molar-refractivity contribution in [3.8, 4) is 29.1 Å². The maximum absolute atomic E-state index is 6.26. The lowest BCUT2D eigenvalue weighted by atomic mass is 10.3. The van der Waals surface area contributed by atoms with Gasteiger partial charge >= 0.3 is 6.01 Å². The maximum Gasteiger partial charge on any atom is 0.316 e. The molecule has 0 aliphatic carbocycles. The van der Waals surface area contributed by atoms with Crippen molar-refractivity contribution in [1.29, 1.82) is 0 Å². The standard InChI is InChI=1S/C21H24N6O5/c1-28-15-5-2-3-6-16(15)32-17-18(22)25-20(27-9-11-29-12-10-27)26-19(17)30-13-14-31-21-23-7-4-8-24-21/h2-8H,9-14H2,1H3,(H2,22,25,26). The van der Waals surface area contributed by atoms with E-state index < -0.39 is 0 Å². The zero-order valence-corrected chi connectivity index (χ0v) is 17.6. The van der Waals surface area contributed by atoms with E-state index in [1.54, 1.807) is 37.7 Å². The van der Waals surface area contributed by atoms with Gasteiger partial charge in [-0.15, -0.1) is 0 Å². The Morgan fingerprint density at radius 1 is 0.969 bits per heavy atom. The fourth-order valence-corrected chi connectivity index (χ4v) is 2.98. The first-order valence-corrected chi connectivity index (χ1v) is 10.1. The third-order valence-corrected chi connectivity index (χ3v) is 4.52. The largest absolute Gasteiger partial charge is 0.493 e. The van der Waals surface area contributed by atoms with Crippen LogP contribution in [0.1, 0.15) is 0 Å². The first kappa shape index (κ1) is 21.4. The quantitative estimate of drug-likeness (QED) is 0.490. The van der Waals surface area contributed by atoms with E-state index in [-0.39, 0.29) is 36.7 Å². The third kappa shape index (κ3) is 5.24. The molecule has 11 nitrogen and oxygen atoms in total. The number of ether oxygens (including phenoxy) is 5. The van der Waals surface area contributed by atoms with E-state index in [9.17, 15) is 0 Å². The van der Waals surface area contributed by atoms with Gasteiger partial charge in [0.15, 0.2) is 17.3 Å². The van der Waals surface area contributed by atoms with Gasteiger partial charge in [0, 0.05) is 25.5 Å². The van der Waals surface area contributed by atoms with E-state index in [0.29, 0.717) is 43.8 Å². The van der Waals surface area contributed by atoms with Crippen molar-refractivity contribution < 1.29 is 23.7 Å². The number of methoxy groups -OCH3 is 1. The van der Waals surface area contributed by atoms with Gasteiger partial charge in [-0.05, 0) is 18.2 Å². The number of hydrogen-bond donors (Lipinski definition) is 1. The highest BCUT2D eigenvalue weighted by Crippen LogP contribution is 2.39. The Labute approximate surface area is 185 Å². The number of aromatic nitrogens is 4. The molecule has 2 N–H and O–H groups in total. The van der Waals surface area contributed by atoms with Crippen molar-refractivity contribution in [3.63, 3.8) is 0 Å². The second-order valence-electron chi connectivity index (χ2n) is 6.62. The van der Waals surface area contributed by atoms with Crippen molar-refractivity contribution >= 4 is 11.8 Å². The van der Waals surface area contributed by atoms with Crippen molar-refractivity contribution in [1.82, 2.24) is 19.9 Å². The molecule has 3 heterocycles. The van der Waals surface area contributed by atoms with Crippen LogP contribution in [0.2, 0.25) is 0 Å². The Morgan fingerprint density at radius 2 is 1.69 bits per heavy atom. The third-order valence-electron chi connectivity index (χ3n) is 4.52. The van der Waals surface area contributed by atoms with Crippen LogP contribution in [0.3, 0.4) is 0 Å². The molecule has 2 aromatic heterocycles. The van der Waals surface area contributed by atoms with E-state index in [4.69, 9.17) is 29.4 Å². The lowest BCUT2D eigenvalue weighted by Gasteiger charge is -2.27. The molecule has 0 spiro atoms. The minimum atomic E-state index is 0.148. The van der Waals surface area contributed by atoms with Crippen LogP contribution >= 0.6 is 0 Å². The molecule has 4 rings (SSSR count). The topological polar surface area (TPSA) is 127 Å². The van der Waals surface area contributed by atoms with Crippen LogP contribution in [0, 0.1) is 0 Å². The number of nitrogens with two attached hydrogens (primary N) is 1. The molecule has 1 saturated heterocycles. The zero-order valence-electron chi connectivity index (χ0n) is 17.6. The maximum atomic E-state index is 6.26. The van der Waals surface area contributed by atoms with Gasteiger partial charge in [-0.25, -0.2) is 9.97 Å². The highest BCUT2D eigenvalue weighted by Gasteiger charge is 2.22. The predicted octanol–water partition coefficient (Wildman–Crippen LogP) is 1.94. The van der Waals surface area contributed by atoms with Gasteiger partial charge < -0.3 is 34.3 Å². The minimum absolute atomic E-state index is 0.148. The highest BCUT2D eigenvalue weighted by atomic mass is 16.6. The molecule has 1 aliphatic heterocycles. The summed E-state index contributed by atoms with van der Waals surface area (Å²) in [4.78, 5) is 19.0. The van der Waals surface area contributed by atoms with Gasteiger partial charge in [0.05, 0.1) is 20.3 Å². The number of anilines is 2. The van der Waals surface area contributed by atoms with Gasteiger partial charge in [0.25, 0.3) is 5.88 Å². The fourth-order valence-electron chi connectivity index (χ4n) is 2.98. The van der Waals surface area contributed by atoms with Crippen molar-refractivity contribution in [2.24, 2.45) is 0 Å². The average molecular weight is 440 g/mol. The first-order valence-electron chi connectivity index (χ1n) is 10.1. The molecule has 0 atom stereocenters. The van der Waals surface area contributed by atoms with Gasteiger partial charge in [0.2, 0.25) is 11.7 Å². The van der Waals surface area contributed by atoms with Crippen molar-refractivity contribution in [2.45, 2.75) is 0 Å². The molecular formula is C21H24N6O5. The molecule has 0 amide bonds. The van der Waals surface area contributed by atoms with Crippen LogP contribution in [0.4, 0.5) is 11.8 Å². The predicted molar refractivity (Wildman–Crippen MR) is 116 cm³/mol. The number of para-hydroxylation sites is 2. The second-order valence-corrected chi connectivity index (χ2v) is 6.62. The van der Waals surface area contributed by atoms with Crippen molar-refractivity contribution in [3.05, 3.63) is 42.7 Å². The number of nitrogen functional groups attached to an aromatic ring is 1. The molecule has 0 unspecified atom stereocenters. The van der Waals surface area contributed by atoms with Crippen LogP contribution in [0.5, 0.6) is 29.1 Å². The van der Waals surface area contributed by atoms with Crippen molar-refractivity contribution in [2.75, 3.05) is 57.3 Å². The van der Waals surface area contributed by atoms with Crippen LogP contribution in [-0.4, -0.2) is 66.6 Å². The number of hydrogen-bond acceptors (Lipinski definition) is 11. The molecule has 1 fully saturated rings. The smallest absolute Gasteiger partial charge is 0.316 e. The minimum Gasteiger partial charge on any atom is -0.493 e. The zero-order chi connectivity index (χ0) is 22.2. The lowest BCUT2D eigenvalue weighted by molar-refractivity contribution is 0.122. The molecule has 1 aliphatic rings. The van der Waals surface area contributed by atoms with Crippen LogP contribution in [0.25, 0.3) is 0 Å². The first-order chi connectivity index (χ1) is 15.7. The number of morpholine rings is 1. The SMILES string of the molecule is COc1ccccc1Oc1c(N)nc(N2CCOCC2)nc1OCCOc1ncccn1. The number of rotatable bonds is 9. The summed E-state index contributed by atoms with van der Waals surface area (Å²) in [5, 5.41) is 0. The molecule has 32 heavy (non-hydrogen) atoms. The lowest BCUT2D eigenvalue weighted by Crippen LogP contribution is -2.37. The van der Waals surface area contributed by atoms with Gasteiger partial charge in [0.1, 0.15) is 13.2 Å². The van der Waals surface area contributed by atoms with Crippen LogP contribution in [-0.2, 0) is 4.74 Å². The molecule has 1 aromatic carbocycles. The second kappa shape index (κ2) is 10.4. The van der Waals surface area contributed by atoms with Gasteiger partial charge in [-0.1, -0.05) is 12.1 Å². The Balaban J connectivity index is 1.55. The van der Waals surface area contributed by atoms with E-state index in [2.05, 4.69) is 19.9 Å². The summed E-state index contributed by atoms with van der Waals surface area (Å²) in [5.41, 5.74) is 6.26. The summed E-state index contributed by atoms with van der Waals surface area (Å²) in [6.07, 6.45) is 3.20. The Morgan fingerprint density at radius 3 is 2.44 bits per heavy atom. The van der Waals surface area contributed by atoms with E-state index in [1.165, 1.54) is 0 Å². The Bertz CT molecular complexity index is 1020. The molecule has 11 heteroatoms. The summed E-state index contributed by atoms with van der Waals surface area (Å²) < 4.78 is 28.1. The Kier molecular flexibility index (Phi) is 6.98. The van der Waals surface area contributed by atoms with Gasteiger partial charge in [-0.2, -0.15) is 9.97 Å². The van der Waals surface area contributed by atoms with E-state index in [0.717, 1.165) is 0 Å². The fraction of sp³-hybridized carbons (Fsp3) is 0.333. The molecule has 0 radical (unpaired) electrons. The Hall–Kier alpha value is -3.86. The summed E-state index contributed by atoms with van der Waals surface area (Å²) in [6.45, 7) is 2.85. The molecule has 0 bridgehead atoms. The molecule has 0 saturated carbocycles. The summed E-state index contributed by atoms with van der Waals surface area (Å²) in [6, 6.07) is 9.18. The highest BCUT2D eigenvalue weighted by molar-refractivity contribution is 5.59. The number of benzene rings is 1. The summed E-state index contributed by atoms with van der Waals surface area (Å²) in [7, 11) is 1.56.